The summed E-state index contributed by atoms with van der Waals surface area (Å²) in [5.41, 5.74) is 18.5. The van der Waals surface area contributed by atoms with E-state index in [0.717, 1.165) is 57.4 Å². The van der Waals surface area contributed by atoms with Crippen LogP contribution in [-0.2, 0) is 5.41 Å². The zero-order chi connectivity index (χ0) is 44.1. The van der Waals surface area contributed by atoms with Crippen LogP contribution in [0.15, 0.2) is 188 Å². The molecule has 14 rings (SSSR count). The van der Waals surface area contributed by atoms with E-state index < -0.39 is 0 Å². The summed E-state index contributed by atoms with van der Waals surface area (Å²) in [4.78, 5) is 5.32. The fraction of sp³-hybridized carbons (Fsp3) is 0.226. The SMILES string of the molecule is CC(C)(C)c1ccc(-c2cc3c4c(c2)N(C25CC6CC(CC(C6)C2)C5)c2ccc(-c5ccccc5)cc2B4c2cc(N(c4ccccc4)c4ccccc4)cc(-c4ccccc4)c2O3)cc1. The third-order valence-corrected chi connectivity index (χ3v) is 15.9. The standard InChI is InChI=1S/C62H55BN2O/c1-61(2,3)49-27-24-45(25-28-49)48-34-57-59-58(35-48)66-60-53(46-18-10-5-11-19-46)36-52(64(50-20-12-6-13-21-50)51-22-14-7-15-23-51)37-55(60)63(59)54-33-47(44-16-8-4-9-17-44)26-29-56(54)65(57)62-38-41-30-42(39-62)32-43(31-41)40-62/h4-29,33-37,41-43H,30-32,38-40H2,1-3H3. The molecule has 0 aromatic heterocycles. The predicted octanol–water partition coefficient (Wildman–Crippen LogP) is 14.5. The second-order valence-electron chi connectivity index (χ2n) is 21.2. The Kier molecular flexibility index (Phi) is 9.08. The fourth-order valence-electron chi connectivity index (χ4n) is 13.4. The summed E-state index contributed by atoms with van der Waals surface area (Å²) in [6.07, 6.45) is 7.96. The summed E-state index contributed by atoms with van der Waals surface area (Å²) in [7, 11) is 0. The highest BCUT2D eigenvalue weighted by Crippen LogP contribution is 2.61. The minimum absolute atomic E-state index is 0.0555. The Hall–Kier alpha value is -6.78. The van der Waals surface area contributed by atoms with E-state index in [2.05, 4.69) is 219 Å². The third-order valence-electron chi connectivity index (χ3n) is 15.9. The van der Waals surface area contributed by atoms with Crippen molar-refractivity contribution in [2.75, 3.05) is 9.80 Å². The minimum Gasteiger partial charge on any atom is -0.458 e. The van der Waals surface area contributed by atoms with Gasteiger partial charge in [-0.15, -0.1) is 0 Å². The molecule has 8 aromatic carbocycles. The van der Waals surface area contributed by atoms with E-state index in [1.54, 1.807) is 0 Å². The van der Waals surface area contributed by atoms with Crippen molar-refractivity contribution in [3.8, 4) is 44.9 Å². The van der Waals surface area contributed by atoms with Crippen molar-refractivity contribution in [1.82, 2.24) is 0 Å². The normalized spacial score (nSPS) is 20.9. The van der Waals surface area contributed by atoms with Crippen molar-refractivity contribution in [2.24, 2.45) is 17.8 Å². The van der Waals surface area contributed by atoms with Gasteiger partial charge in [-0.05, 0) is 166 Å². The molecule has 0 spiro atoms. The van der Waals surface area contributed by atoms with E-state index >= 15 is 0 Å². The second-order valence-corrected chi connectivity index (χ2v) is 21.2. The Bertz CT molecular complexity index is 3050. The molecule has 4 fully saturated rings. The third kappa shape index (κ3) is 6.47. The van der Waals surface area contributed by atoms with Crippen molar-refractivity contribution in [1.29, 1.82) is 0 Å². The number of rotatable bonds is 7. The van der Waals surface area contributed by atoms with E-state index in [1.165, 1.54) is 94.1 Å². The maximum Gasteiger partial charge on any atom is 0.256 e. The lowest BCUT2D eigenvalue weighted by Gasteiger charge is -2.62. The van der Waals surface area contributed by atoms with Crippen LogP contribution in [0.5, 0.6) is 11.5 Å². The molecule has 322 valence electrons. The van der Waals surface area contributed by atoms with E-state index in [9.17, 15) is 0 Å². The first-order chi connectivity index (χ1) is 32.3. The molecule has 66 heavy (non-hydrogen) atoms. The Balaban J connectivity index is 1.11. The van der Waals surface area contributed by atoms with Gasteiger partial charge < -0.3 is 14.5 Å². The molecule has 2 aliphatic heterocycles. The van der Waals surface area contributed by atoms with Gasteiger partial charge >= 0.3 is 0 Å². The van der Waals surface area contributed by atoms with Gasteiger partial charge in [0.25, 0.3) is 6.71 Å². The Labute approximate surface area is 390 Å². The number of hydrogen-bond donors (Lipinski definition) is 0. The Morgan fingerprint density at radius 1 is 0.500 bits per heavy atom. The van der Waals surface area contributed by atoms with Crippen LogP contribution in [0.1, 0.15) is 64.9 Å². The molecule has 0 radical (unpaired) electrons. The molecule has 4 saturated carbocycles. The molecule has 0 N–H and O–H groups in total. The molecule has 0 saturated heterocycles. The van der Waals surface area contributed by atoms with Crippen LogP contribution in [0.3, 0.4) is 0 Å². The highest BCUT2D eigenvalue weighted by atomic mass is 16.5. The topological polar surface area (TPSA) is 15.7 Å². The summed E-state index contributed by atoms with van der Waals surface area (Å²) in [5.74, 6) is 4.28. The average molecular weight is 855 g/mol. The largest absolute Gasteiger partial charge is 0.458 e. The molecule has 4 heteroatoms. The zero-order valence-electron chi connectivity index (χ0n) is 38.3. The molecule has 0 amide bonds. The lowest BCUT2D eigenvalue weighted by molar-refractivity contribution is 0.000632. The summed E-state index contributed by atoms with van der Waals surface area (Å²) < 4.78 is 7.65. The maximum atomic E-state index is 7.65. The molecule has 2 heterocycles. The lowest BCUT2D eigenvalue weighted by Crippen LogP contribution is -2.66. The van der Waals surface area contributed by atoms with Gasteiger partial charge in [-0.2, -0.15) is 0 Å². The number of benzene rings is 8. The van der Waals surface area contributed by atoms with Crippen LogP contribution in [0.25, 0.3) is 33.4 Å². The first-order valence-corrected chi connectivity index (χ1v) is 24.4. The van der Waals surface area contributed by atoms with Gasteiger partial charge in [0.1, 0.15) is 11.5 Å². The molecule has 0 unspecified atom stereocenters. The molecule has 4 aliphatic carbocycles. The van der Waals surface area contributed by atoms with Crippen molar-refractivity contribution >= 4 is 51.5 Å². The number of ether oxygens (including phenoxy) is 1. The quantitative estimate of drug-likeness (QED) is 0.149. The van der Waals surface area contributed by atoms with Crippen molar-refractivity contribution in [3.05, 3.63) is 194 Å². The van der Waals surface area contributed by atoms with E-state index in [0.29, 0.717) is 0 Å². The number of anilines is 5. The minimum atomic E-state index is -0.0734. The average Bonchev–Trinajstić information content (AvgIpc) is 3.34. The maximum absolute atomic E-state index is 7.65. The summed E-state index contributed by atoms with van der Waals surface area (Å²) >= 11 is 0. The van der Waals surface area contributed by atoms with Crippen molar-refractivity contribution < 1.29 is 4.74 Å². The zero-order valence-corrected chi connectivity index (χ0v) is 38.3. The fourth-order valence-corrected chi connectivity index (χ4v) is 13.4. The smallest absolute Gasteiger partial charge is 0.256 e. The highest BCUT2D eigenvalue weighted by Gasteiger charge is 2.57. The number of nitrogens with zero attached hydrogens (tertiary/aromatic N) is 2. The van der Waals surface area contributed by atoms with Gasteiger partial charge in [0.05, 0.1) is 0 Å². The van der Waals surface area contributed by atoms with Gasteiger partial charge in [-0.25, -0.2) is 0 Å². The van der Waals surface area contributed by atoms with Crippen LogP contribution in [0, 0.1) is 17.8 Å². The van der Waals surface area contributed by atoms with E-state index in [4.69, 9.17) is 4.74 Å². The molecule has 0 atom stereocenters. The van der Waals surface area contributed by atoms with Gasteiger partial charge in [0.15, 0.2) is 0 Å². The van der Waals surface area contributed by atoms with Crippen molar-refractivity contribution in [2.45, 2.75) is 70.3 Å². The number of para-hydroxylation sites is 2. The number of fused-ring (bicyclic) bond motifs is 4. The summed E-state index contributed by atoms with van der Waals surface area (Å²) in [6, 6.07) is 70.1. The first kappa shape index (κ1) is 39.6. The van der Waals surface area contributed by atoms with Gasteiger partial charge in [0, 0.05) is 39.5 Å². The van der Waals surface area contributed by atoms with Gasteiger partial charge in [-0.3, -0.25) is 0 Å². The Morgan fingerprint density at radius 2 is 1.05 bits per heavy atom. The molecule has 6 aliphatic rings. The van der Waals surface area contributed by atoms with Crippen molar-refractivity contribution in [3.63, 3.8) is 0 Å². The van der Waals surface area contributed by atoms with E-state index in [-0.39, 0.29) is 17.7 Å². The van der Waals surface area contributed by atoms with Gasteiger partial charge in [0.2, 0.25) is 0 Å². The number of hydrogen-bond acceptors (Lipinski definition) is 3. The molecular formula is C62H55BN2O. The van der Waals surface area contributed by atoms with Crippen LogP contribution in [-0.4, -0.2) is 12.3 Å². The highest BCUT2D eigenvalue weighted by molar-refractivity contribution is 6.99. The monoisotopic (exact) mass is 854 g/mol. The first-order valence-electron chi connectivity index (χ1n) is 24.4. The van der Waals surface area contributed by atoms with E-state index in [1.807, 2.05) is 0 Å². The molecule has 4 bridgehead atoms. The second kappa shape index (κ2) is 15.1. The Morgan fingerprint density at radius 3 is 1.64 bits per heavy atom. The van der Waals surface area contributed by atoms with Crippen LogP contribution in [0.4, 0.5) is 28.4 Å². The van der Waals surface area contributed by atoms with Gasteiger partial charge in [-0.1, -0.05) is 154 Å². The molecule has 8 aromatic rings. The summed E-state index contributed by atoms with van der Waals surface area (Å²) in [6.45, 7) is 6.83. The summed E-state index contributed by atoms with van der Waals surface area (Å²) in [5, 5.41) is 0. The van der Waals surface area contributed by atoms with Crippen LogP contribution < -0.4 is 30.9 Å². The van der Waals surface area contributed by atoms with Crippen LogP contribution in [0.2, 0.25) is 0 Å². The molecule has 3 nitrogen and oxygen atoms in total. The molecular weight excluding hydrogens is 800 g/mol. The lowest BCUT2D eigenvalue weighted by atomic mass is 9.33. The van der Waals surface area contributed by atoms with Crippen LogP contribution >= 0.6 is 0 Å². The predicted molar refractivity (Wildman–Crippen MR) is 277 cm³/mol.